The summed E-state index contributed by atoms with van der Waals surface area (Å²) in [6.07, 6.45) is -4.00. The van der Waals surface area contributed by atoms with Crippen molar-refractivity contribution in [2.75, 3.05) is 6.54 Å². The van der Waals surface area contributed by atoms with E-state index in [2.05, 4.69) is 10.1 Å². The van der Waals surface area contributed by atoms with Crippen LogP contribution in [0.25, 0.3) is 16.9 Å². The van der Waals surface area contributed by atoms with Crippen molar-refractivity contribution in [2.24, 2.45) is 0 Å². The maximum Gasteiger partial charge on any atom is 0.433 e. The van der Waals surface area contributed by atoms with Gasteiger partial charge in [0.2, 0.25) is 0 Å². The molecule has 0 spiro atoms. The number of halogens is 4. The first-order valence-electron chi connectivity index (χ1n) is 9.89. The Balaban J connectivity index is 1.55. The average molecular weight is 457 g/mol. The predicted molar refractivity (Wildman–Crippen MR) is 113 cm³/mol. The van der Waals surface area contributed by atoms with Crippen molar-refractivity contribution in [1.29, 1.82) is 0 Å². The molecule has 0 atom stereocenters. The Kier molecular flexibility index (Phi) is 4.89. The van der Waals surface area contributed by atoms with Gasteiger partial charge < -0.3 is 4.90 Å². The third-order valence-electron chi connectivity index (χ3n) is 5.49. The maximum absolute atomic E-state index is 13.8. The van der Waals surface area contributed by atoms with E-state index in [1.54, 1.807) is 29.2 Å². The van der Waals surface area contributed by atoms with Gasteiger partial charge in [-0.2, -0.15) is 18.3 Å². The summed E-state index contributed by atoms with van der Waals surface area (Å²) in [5.41, 5.74) is 1.66. The van der Waals surface area contributed by atoms with Crippen LogP contribution in [-0.4, -0.2) is 31.9 Å². The fourth-order valence-corrected chi connectivity index (χ4v) is 4.01. The Morgan fingerprint density at radius 3 is 2.44 bits per heavy atom. The summed E-state index contributed by atoms with van der Waals surface area (Å²) in [5.74, 6) is -0.425. The van der Waals surface area contributed by atoms with E-state index in [1.165, 1.54) is 11.6 Å². The summed E-state index contributed by atoms with van der Waals surface area (Å²) in [6.45, 7) is 0.859. The Morgan fingerprint density at radius 1 is 1.00 bits per heavy atom. The summed E-state index contributed by atoms with van der Waals surface area (Å²) in [5, 5.41) is 4.45. The molecule has 0 aliphatic carbocycles. The zero-order chi connectivity index (χ0) is 22.5. The molecular formula is C23H16ClF3N4O. The number of alkyl halides is 3. The number of hydrogen-bond donors (Lipinski definition) is 0. The van der Waals surface area contributed by atoms with Gasteiger partial charge in [0, 0.05) is 29.7 Å². The average Bonchev–Trinajstić information content (AvgIpc) is 3.21. The fourth-order valence-electron chi connectivity index (χ4n) is 3.88. The minimum absolute atomic E-state index is 0.0504. The molecule has 0 radical (unpaired) electrons. The van der Waals surface area contributed by atoms with Crippen molar-refractivity contribution in [3.8, 4) is 11.3 Å². The molecular weight excluding hydrogens is 441 g/mol. The lowest BCUT2D eigenvalue weighted by atomic mass is 10.00. The number of nitrogens with zero attached hydrogens (tertiary/aromatic N) is 4. The molecule has 0 saturated heterocycles. The number of rotatable bonds is 2. The number of fused-ring (bicyclic) bond motifs is 2. The van der Waals surface area contributed by atoms with Crippen LogP contribution in [-0.2, 0) is 19.1 Å². The first-order chi connectivity index (χ1) is 15.3. The molecule has 9 heteroatoms. The fraction of sp³-hybridized carbons (Fsp3) is 0.174. The highest BCUT2D eigenvalue weighted by Gasteiger charge is 2.36. The number of hydrogen-bond acceptors (Lipinski definition) is 3. The van der Waals surface area contributed by atoms with Gasteiger partial charge in [0.05, 0.1) is 5.69 Å². The summed E-state index contributed by atoms with van der Waals surface area (Å²) in [7, 11) is 0. The Hall–Kier alpha value is -3.39. The van der Waals surface area contributed by atoms with Crippen molar-refractivity contribution in [1.82, 2.24) is 19.5 Å². The first kappa shape index (κ1) is 20.5. The molecule has 1 aliphatic rings. The molecule has 4 aromatic rings. The number of benzene rings is 2. The quantitative estimate of drug-likeness (QED) is 0.413. The Bertz CT molecular complexity index is 1330. The second-order valence-corrected chi connectivity index (χ2v) is 8.01. The summed E-state index contributed by atoms with van der Waals surface area (Å²) in [6, 6.07) is 16.4. The van der Waals surface area contributed by atoms with E-state index < -0.39 is 17.8 Å². The molecule has 5 rings (SSSR count). The number of aromatic nitrogens is 3. The molecule has 2 aromatic heterocycles. The van der Waals surface area contributed by atoms with E-state index in [0.717, 1.165) is 11.6 Å². The number of carbonyl (C=O) groups is 1. The first-order valence-corrected chi connectivity index (χ1v) is 10.3. The Labute approximate surface area is 186 Å². The molecule has 3 heterocycles. The van der Waals surface area contributed by atoms with Gasteiger partial charge in [-0.15, -0.1) is 0 Å². The van der Waals surface area contributed by atoms with Crippen molar-refractivity contribution in [3.63, 3.8) is 0 Å². The van der Waals surface area contributed by atoms with Crippen molar-refractivity contribution in [2.45, 2.75) is 19.1 Å². The van der Waals surface area contributed by atoms with Gasteiger partial charge in [0.25, 0.3) is 5.91 Å². The van der Waals surface area contributed by atoms with Crippen LogP contribution in [0.15, 0.2) is 60.7 Å². The minimum atomic E-state index is -4.68. The third kappa shape index (κ3) is 3.71. The van der Waals surface area contributed by atoms with Crippen LogP contribution in [0.1, 0.15) is 27.3 Å². The molecule has 1 amide bonds. The van der Waals surface area contributed by atoms with Gasteiger partial charge in [0.15, 0.2) is 17.0 Å². The molecule has 1 aliphatic heterocycles. The van der Waals surface area contributed by atoms with Gasteiger partial charge in [-0.3, -0.25) is 4.79 Å². The lowest BCUT2D eigenvalue weighted by molar-refractivity contribution is -0.142. The largest absolute Gasteiger partial charge is 0.433 e. The molecule has 162 valence electrons. The monoisotopic (exact) mass is 456 g/mol. The van der Waals surface area contributed by atoms with E-state index in [9.17, 15) is 18.0 Å². The van der Waals surface area contributed by atoms with E-state index in [0.29, 0.717) is 34.6 Å². The Morgan fingerprint density at radius 2 is 1.72 bits per heavy atom. The lowest BCUT2D eigenvalue weighted by Gasteiger charge is -2.28. The molecule has 0 saturated carbocycles. The summed E-state index contributed by atoms with van der Waals surface area (Å²) < 4.78 is 42.1. The van der Waals surface area contributed by atoms with E-state index in [-0.39, 0.29) is 17.0 Å². The van der Waals surface area contributed by atoms with Crippen molar-refractivity contribution < 1.29 is 18.0 Å². The highest BCUT2D eigenvalue weighted by atomic mass is 35.5. The predicted octanol–water partition coefficient (Wildman–Crippen LogP) is 5.27. The minimum Gasteiger partial charge on any atom is -0.333 e. The molecule has 5 nitrogen and oxygen atoms in total. The van der Waals surface area contributed by atoms with Crippen molar-refractivity contribution in [3.05, 3.63) is 88.2 Å². The van der Waals surface area contributed by atoms with Crippen LogP contribution >= 0.6 is 11.6 Å². The SMILES string of the molecule is O=C(c1cc2nc(-c3ccc(Cl)cc3)cc(C(F)(F)F)n2n1)N1CCc2ccccc2C1. The molecule has 32 heavy (non-hydrogen) atoms. The zero-order valence-corrected chi connectivity index (χ0v) is 17.4. The molecule has 0 fully saturated rings. The molecule has 0 bridgehead atoms. The van der Waals surface area contributed by atoms with Crippen LogP contribution < -0.4 is 0 Å². The van der Waals surface area contributed by atoms with Crippen LogP contribution in [0.3, 0.4) is 0 Å². The zero-order valence-electron chi connectivity index (χ0n) is 16.6. The van der Waals surface area contributed by atoms with E-state index in [1.807, 2.05) is 24.3 Å². The van der Waals surface area contributed by atoms with E-state index >= 15 is 0 Å². The standard InChI is InChI=1S/C23H16ClF3N4O/c24-17-7-5-15(6-8-17)18-11-20(23(25,26)27)31-21(28-18)12-19(29-31)22(32)30-10-9-14-3-1-2-4-16(14)13-30/h1-8,11-12H,9-10,13H2. The molecule has 2 aromatic carbocycles. The molecule has 0 unspecified atom stereocenters. The van der Waals surface area contributed by atoms with Gasteiger partial charge >= 0.3 is 6.18 Å². The van der Waals surface area contributed by atoms with Crippen molar-refractivity contribution >= 4 is 23.2 Å². The molecule has 0 N–H and O–H groups in total. The summed E-state index contributed by atoms with van der Waals surface area (Å²) >= 11 is 5.88. The van der Waals surface area contributed by atoms with Gasteiger partial charge in [-0.25, -0.2) is 9.50 Å². The summed E-state index contributed by atoms with van der Waals surface area (Å²) in [4.78, 5) is 19.0. The second-order valence-electron chi connectivity index (χ2n) is 7.58. The van der Waals surface area contributed by atoms with Crippen LogP contribution in [0, 0.1) is 0 Å². The number of amides is 1. The van der Waals surface area contributed by atoms with Crippen LogP contribution in [0.5, 0.6) is 0 Å². The normalized spacial score (nSPS) is 13.9. The van der Waals surface area contributed by atoms with Gasteiger partial charge in [-0.1, -0.05) is 48.0 Å². The number of carbonyl (C=O) groups excluding carboxylic acids is 1. The highest BCUT2D eigenvalue weighted by molar-refractivity contribution is 6.30. The lowest BCUT2D eigenvalue weighted by Crippen LogP contribution is -2.36. The van der Waals surface area contributed by atoms with Crippen LogP contribution in [0.2, 0.25) is 5.02 Å². The second kappa shape index (κ2) is 7.63. The smallest absolute Gasteiger partial charge is 0.333 e. The van der Waals surface area contributed by atoms with Gasteiger partial charge in [0.1, 0.15) is 0 Å². The van der Waals surface area contributed by atoms with Crippen LogP contribution in [0.4, 0.5) is 13.2 Å². The topological polar surface area (TPSA) is 50.5 Å². The highest BCUT2D eigenvalue weighted by Crippen LogP contribution is 2.33. The van der Waals surface area contributed by atoms with Gasteiger partial charge in [-0.05, 0) is 35.7 Å². The van der Waals surface area contributed by atoms with E-state index in [4.69, 9.17) is 11.6 Å². The maximum atomic E-state index is 13.8. The third-order valence-corrected chi connectivity index (χ3v) is 5.75.